The molecule has 31 heavy (non-hydrogen) atoms. The lowest BCUT2D eigenvalue weighted by Gasteiger charge is -2.51. The Hall–Kier alpha value is -0.800. The Bertz CT molecular complexity index is 866. The van der Waals surface area contributed by atoms with Crippen molar-refractivity contribution >= 4 is 28.4 Å². The molecule has 1 saturated carbocycles. The van der Waals surface area contributed by atoms with Gasteiger partial charge in [0.05, 0.1) is 21.0 Å². The summed E-state index contributed by atoms with van der Waals surface area (Å²) in [5.74, 6) is 2.03. The standard InChI is InChI=1S/C28H43NS2/c1-7-9-13-21(8-2)18-29-23-17-25(20(5)6)31-27(23)26-22(16-24(30-26)19(3)4)28(29)14-11-10-12-15-28/h16-17,19-21H,7-15,18H2,1-6H3. The molecular formula is C28H43NS2. The molecule has 3 heteroatoms. The summed E-state index contributed by atoms with van der Waals surface area (Å²) in [7, 11) is 0. The Morgan fingerprint density at radius 2 is 1.55 bits per heavy atom. The highest BCUT2D eigenvalue weighted by molar-refractivity contribution is 7.23. The molecule has 0 radical (unpaired) electrons. The average Bonchev–Trinajstić information content (AvgIpc) is 3.39. The zero-order valence-electron chi connectivity index (χ0n) is 20.7. The van der Waals surface area contributed by atoms with E-state index < -0.39 is 0 Å². The highest BCUT2D eigenvalue weighted by Gasteiger charge is 2.47. The fourth-order valence-corrected chi connectivity index (χ4v) is 8.33. The molecule has 1 aliphatic heterocycles. The average molecular weight is 458 g/mol. The normalized spacial score (nSPS) is 18.6. The van der Waals surface area contributed by atoms with E-state index in [1.165, 1.54) is 64.3 Å². The molecule has 3 heterocycles. The maximum atomic E-state index is 2.95. The molecule has 1 fully saturated rings. The number of hydrogen-bond donors (Lipinski definition) is 0. The molecule has 0 N–H and O–H groups in total. The second-order valence-corrected chi connectivity index (χ2v) is 12.9. The number of thiophene rings is 2. The zero-order valence-corrected chi connectivity index (χ0v) is 22.4. The SMILES string of the molecule is CCCCC(CC)CN1c2cc(C(C)C)sc2-c2sc(C(C)C)cc2C12CCCCC2. The van der Waals surface area contributed by atoms with E-state index in [1.807, 2.05) is 0 Å². The second-order valence-electron chi connectivity index (χ2n) is 10.7. The van der Waals surface area contributed by atoms with Crippen molar-refractivity contribution in [2.45, 2.75) is 117 Å². The number of hydrogen-bond acceptors (Lipinski definition) is 3. The van der Waals surface area contributed by atoms with Crippen LogP contribution in [0.1, 0.15) is 126 Å². The van der Waals surface area contributed by atoms with Crippen molar-refractivity contribution < 1.29 is 0 Å². The van der Waals surface area contributed by atoms with Crippen LogP contribution in [-0.4, -0.2) is 6.54 Å². The minimum absolute atomic E-state index is 0.235. The molecule has 1 unspecified atom stereocenters. The van der Waals surface area contributed by atoms with Crippen molar-refractivity contribution in [3.8, 4) is 9.75 Å². The van der Waals surface area contributed by atoms with Crippen LogP contribution in [0.2, 0.25) is 0 Å². The quantitative estimate of drug-likeness (QED) is 0.381. The van der Waals surface area contributed by atoms with E-state index in [9.17, 15) is 0 Å². The number of anilines is 1. The molecule has 1 atom stereocenters. The van der Waals surface area contributed by atoms with Crippen LogP contribution in [0.4, 0.5) is 5.69 Å². The van der Waals surface area contributed by atoms with E-state index >= 15 is 0 Å². The maximum Gasteiger partial charge on any atom is 0.0683 e. The molecule has 1 spiro atoms. The number of unbranched alkanes of at least 4 members (excludes halogenated alkanes) is 1. The molecule has 0 saturated heterocycles. The summed E-state index contributed by atoms with van der Waals surface area (Å²) < 4.78 is 0. The van der Waals surface area contributed by atoms with Crippen LogP contribution in [0, 0.1) is 5.92 Å². The minimum Gasteiger partial charge on any atom is -0.360 e. The van der Waals surface area contributed by atoms with E-state index in [2.05, 4.69) is 81.2 Å². The van der Waals surface area contributed by atoms with Gasteiger partial charge in [0.25, 0.3) is 0 Å². The van der Waals surface area contributed by atoms with Crippen molar-refractivity contribution in [3.05, 3.63) is 27.5 Å². The first kappa shape index (κ1) is 23.4. The van der Waals surface area contributed by atoms with E-state index in [0.717, 1.165) is 5.92 Å². The monoisotopic (exact) mass is 457 g/mol. The summed E-state index contributed by atoms with van der Waals surface area (Å²) in [6.45, 7) is 15.5. The first-order valence-corrected chi connectivity index (χ1v) is 14.6. The maximum absolute atomic E-state index is 2.95. The van der Waals surface area contributed by atoms with Crippen LogP contribution in [0.3, 0.4) is 0 Å². The van der Waals surface area contributed by atoms with Gasteiger partial charge in [-0.3, -0.25) is 0 Å². The topological polar surface area (TPSA) is 3.24 Å². The molecule has 4 rings (SSSR count). The summed E-state index contributed by atoms with van der Waals surface area (Å²) in [6, 6.07) is 5.22. The Kier molecular flexibility index (Phi) is 7.23. The first-order valence-electron chi connectivity index (χ1n) is 13.0. The van der Waals surface area contributed by atoms with E-state index in [4.69, 9.17) is 0 Å². The van der Waals surface area contributed by atoms with Gasteiger partial charge in [-0.15, -0.1) is 22.7 Å². The molecule has 0 bridgehead atoms. The summed E-state index contributed by atoms with van der Waals surface area (Å²) in [6.07, 6.45) is 12.2. The van der Waals surface area contributed by atoms with Gasteiger partial charge in [0.1, 0.15) is 0 Å². The fourth-order valence-electron chi connectivity index (χ4n) is 5.76. The lowest BCUT2D eigenvalue weighted by molar-refractivity contribution is 0.260. The van der Waals surface area contributed by atoms with E-state index in [-0.39, 0.29) is 5.54 Å². The zero-order chi connectivity index (χ0) is 22.2. The van der Waals surface area contributed by atoms with E-state index in [1.54, 1.807) is 30.8 Å². The lowest BCUT2D eigenvalue weighted by Crippen LogP contribution is -2.51. The number of rotatable bonds is 8. The van der Waals surface area contributed by atoms with Gasteiger partial charge in [0, 0.05) is 16.3 Å². The van der Waals surface area contributed by atoms with Gasteiger partial charge in [-0.05, 0) is 54.7 Å². The smallest absolute Gasteiger partial charge is 0.0683 e. The highest BCUT2D eigenvalue weighted by atomic mass is 32.1. The van der Waals surface area contributed by atoms with Gasteiger partial charge in [0.15, 0.2) is 0 Å². The predicted octanol–water partition coefficient (Wildman–Crippen LogP) is 9.92. The largest absolute Gasteiger partial charge is 0.360 e. The van der Waals surface area contributed by atoms with Crippen molar-refractivity contribution in [2.24, 2.45) is 5.92 Å². The third-order valence-electron chi connectivity index (χ3n) is 7.80. The Balaban J connectivity index is 1.86. The van der Waals surface area contributed by atoms with Gasteiger partial charge < -0.3 is 4.90 Å². The van der Waals surface area contributed by atoms with Crippen molar-refractivity contribution in [3.63, 3.8) is 0 Å². The number of fused-ring (bicyclic) bond motifs is 4. The van der Waals surface area contributed by atoms with Crippen molar-refractivity contribution in [1.82, 2.24) is 0 Å². The Labute approximate surface area is 199 Å². The number of nitrogens with zero attached hydrogens (tertiary/aromatic N) is 1. The predicted molar refractivity (Wildman–Crippen MR) is 141 cm³/mol. The van der Waals surface area contributed by atoms with Crippen LogP contribution in [0.25, 0.3) is 9.75 Å². The molecule has 2 aromatic rings. The summed E-state index contributed by atoms with van der Waals surface area (Å²) in [5.41, 5.74) is 3.50. The molecule has 2 aromatic heterocycles. The fraction of sp³-hybridized carbons (Fsp3) is 0.714. The highest BCUT2D eigenvalue weighted by Crippen LogP contribution is 2.59. The molecule has 2 aliphatic rings. The molecule has 0 aromatic carbocycles. The minimum atomic E-state index is 0.235. The van der Waals surface area contributed by atoms with Crippen molar-refractivity contribution in [2.75, 3.05) is 11.4 Å². The van der Waals surface area contributed by atoms with Gasteiger partial charge in [-0.25, -0.2) is 0 Å². The van der Waals surface area contributed by atoms with E-state index in [0.29, 0.717) is 11.8 Å². The summed E-state index contributed by atoms with van der Waals surface area (Å²) in [4.78, 5) is 9.30. The Morgan fingerprint density at radius 1 is 0.903 bits per heavy atom. The van der Waals surface area contributed by atoms with Crippen LogP contribution in [-0.2, 0) is 5.54 Å². The summed E-state index contributed by atoms with van der Waals surface area (Å²) in [5, 5.41) is 0. The third-order valence-corrected chi connectivity index (χ3v) is 10.8. The van der Waals surface area contributed by atoms with Crippen LogP contribution in [0.15, 0.2) is 12.1 Å². The van der Waals surface area contributed by atoms with Crippen molar-refractivity contribution in [1.29, 1.82) is 0 Å². The van der Waals surface area contributed by atoms with Gasteiger partial charge in [-0.1, -0.05) is 80.1 Å². The van der Waals surface area contributed by atoms with Gasteiger partial charge in [-0.2, -0.15) is 0 Å². The van der Waals surface area contributed by atoms with Gasteiger partial charge >= 0.3 is 0 Å². The van der Waals surface area contributed by atoms with Gasteiger partial charge in [0.2, 0.25) is 0 Å². The molecule has 1 nitrogen and oxygen atoms in total. The first-order chi connectivity index (χ1) is 14.9. The van der Waals surface area contributed by atoms with Crippen LogP contribution < -0.4 is 4.90 Å². The molecule has 1 aliphatic carbocycles. The Morgan fingerprint density at radius 3 is 2.16 bits per heavy atom. The third kappa shape index (κ3) is 4.26. The lowest BCUT2D eigenvalue weighted by atomic mass is 9.72. The van der Waals surface area contributed by atoms with Crippen LogP contribution >= 0.6 is 22.7 Å². The molecule has 172 valence electrons. The molecule has 0 amide bonds. The molecular weight excluding hydrogens is 414 g/mol. The van der Waals surface area contributed by atoms with Crippen LogP contribution in [0.5, 0.6) is 0 Å². The summed E-state index contributed by atoms with van der Waals surface area (Å²) >= 11 is 4.19. The second kappa shape index (κ2) is 9.59.